The maximum atomic E-state index is 12.0. The highest BCUT2D eigenvalue weighted by molar-refractivity contribution is 14.1. The van der Waals surface area contributed by atoms with Gasteiger partial charge in [0.05, 0.1) is 9.26 Å². The Morgan fingerprint density at radius 1 is 1.30 bits per heavy atom. The number of hydrogen-bond donors (Lipinski definition) is 1. The van der Waals surface area contributed by atoms with E-state index in [0.29, 0.717) is 20.9 Å². The molecule has 1 aromatic carbocycles. The van der Waals surface area contributed by atoms with Crippen LogP contribution < -0.4 is 15.0 Å². The standard InChI is InChI=1S/C14H13IN2O3/c1-7(2)12-11(15)14(18)17-13(16-12)8-3-4-9-10(5-8)20-6-19-9/h3-5,7H,6H2,1-2H3,(H,16,17,18). The smallest absolute Gasteiger partial charge is 0.264 e. The third-order valence-corrected chi connectivity index (χ3v) is 4.12. The molecule has 0 radical (unpaired) electrons. The van der Waals surface area contributed by atoms with Crippen LogP contribution in [0.5, 0.6) is 11.5 Å². The van der Waals surface area contributed by atoms with Crippen LogP contribution in [0.4, 0.5) is 0 Å². The fraction of sp³-hybridized carbons (Fsp3) is 0.286. The molecule has 0 atom stereocenters. The molecule has 20 heavy (non-hydrogen) atoms. The third kappa shape index (κ3) is 2.28. The highest BCUT2D eigenvalue weighted by atomic mass is 127. The van der Waals surface area contributed by atoms with Gasteiger partial charge in [0.1, 0.15) is 5.82 Å². The van der Waals surface area contributed by atoms with Gasteiger partial charge in [0.15, 0.2) is 11.5 Å². The quantitative estimate of drug-likeness (QED) is 0.809. The number of ether oxygens (including phenoxy) is 2. The predicted molar refractivity (Wildman–Crippen MR) is 83.2 cm³/mol. The molecule has 0 saturated heterocycles. The lowest BCUT2D eigenvalue weighted by Gasteiger charge is -2.09. The molecule has 0 unspecified atom stereocenters. The van der Waals surface area contributed by atoms with Gasteiger partial charge in [-0.1, -0.05) is 13.8 Å². The molecular weight excluding hydrogens is 371 g/mol. The van der Waals surface area contributed by atoms with Crippen LogP contribution in [0, 0.1) is 3.57 Å². The number of aromatic nitrogens is 2. The molecule has 0 amide bonds. The Labute approximate surface area is 129 Å². The lowest BCUT2D eigenvalue weighted by Crippen LogP contribution is -2.17. The number of benzene rings is 1. The molecule has 0 saturated carbocycles. The van der Waals surface area contributed by atoms with E-state index in [1.807, 2.05) is 54.6 Å². The van der Waals surface area contributed by atoms with E-state index in [1.165, 1.54) is 0 Å². The summed E-state index contributed by atoms with van der Waals surface area (Å²) in [4.78, 5) is 19.4. The Hall–Kier alpha value is -1.57. The lowest BCUT2D eigenvalue weighted by atomic mass is 10.1. The van der Waals surface area contributed by atoms with Gasteiger partial charge in [-0.25, -0.2) is 4.98 Å². The molecule has 5 nitrogen and oxygen atoms in total. The summed E-state index contributed by atoms with van der Waals surface area (Å²) in [6.07, 6.45) is 0. The SMILES string of the molecule is CC(C)c1nc(-c2ccc3c(c2)OCO3)[nH]c(=O)c1I. The number of fused-ring (bicyclic) bond motifs is 1. The van der Waals surface area contributed by atoms with Crippen LogP contribution in [0.1, 0.15) is 25.5 Å². The van der Waals surface area contributed by atoms with Crippen molar-refractivity contribution in [1.82, 2.24) is 9.97 Å². The summed E-state index contributed by atoms with van der Waals surface area (Å²) in [6.45, 7) is 4.27. The third-order valence-electron chi connectivity index (χ3n) is 3.08. The first-order chi connectivity index (χ1) is 9.56. The van der Waals surface area contributed by atoms with E-state index in [-0.39, 0.29) is 18.3 Å². The molecule has 0 aliphatic carbocycles. The number of hydrogen-bond acceptors (Lipinski definition) is 4. The van der Waals surface area contributed by atoms with Crippen molar-refractivity contribution >= 4 is 22.6 Å². The van der Waals surface area contributed by atoms with Crippen LogP contribution in [0.3, 0.4) is 0 Å². The number of nitrogens with zero attached hydrogens (tertiary/aromatic N) is 1. The Kier molecular flexibility index (Phi) is 3.41. The van der Waals surface area contributed by atoms with E-state index in [2.05, 4.69) is 9.97 Å². The minimum atomic E-state index is -0.114. The van der Waals surface area contributed by atoms with Crippen LogP contribution in [-0.2, 0) is 0 Å². The molecule has 2 aromatic rings. The summed E-state index contributed by atoms with van der Waals surface area (Å²) in [5.74, 6) is 2.13. The molecule has 0 bridgehead atoms. The van der Waals surface area contributed by atoms with Crippen molar-refractivity contribution in [2.45, 2.75) is 19.8 Å². The Morgan fingerprint density at radius 2 is 2.05 bits per heavy atom. The molecule has 0 spiro atoms. The van der Waals surface area contributed by atoms with Crippen molar-refractivity contribution in [3.8, 4) is 22.9 Å². The van der Waals surface area contributed by atoms with Gasteiger partial charge in [-0.3, -0.25) is 4.79 Å². The van der Waals surface area contributed by atoms with Crippen molar-refractivity contribution in [2.24, 2.45) is 0 Å². The predicted octanol–water partition coefficient (Wildman–Crippen LogP) is 2.89. The second kappa shape index (κ2) is 5.08. The monoisotopic (exact) mass is 384 g/mol. The van der Waals surface area contributed by atoms with E-state index in [4.69, 9.17) is 9.47 Å². The average Bonchev–Trinajstić information content (AvgIpc) is 2.88. The van der Waals surface area contributed by atoms with Gasteiger partial charge in [0.25, 0.3) is 5.56 Å². The highest BCUT2D eigenvalue weighted by Gasteiger charge is 2.17. The molecule has 0 fully saturated rings. The molecule has 2 heterocycles. The number of halogens is 1. The van der Waals surface area contributed by atoms with Crippen molar-refractivity contribution in [3.05, 3.63) is 37.8 Å². The van der Waals surface area contributed by atoms with E-state index < -0.39 is 0 Å². The largest absolute Gasteiger partial charge is 0.454 e. The zero-order chi connectivity index (χ0) is 14.3. The maximum absolute atomic E-state index is 12.0. The van der Waals surface area contributed by atoms with Crippen molar-refractivity contribution < 1.29 is 9.47 Å². The van der Waals surface area contributed by atoms with Crippen LogP contribution in [-0.4, -0.2) is 16.8 Å². The molecule has 104 valence electrons. The van der Waals surface area contributed by atoms with Crippen molar-refractivity contribution in [2.75, 3.05) is 6.79 Å². The molecule has 1 N–H and O–H groups in total. The first-order valence-electron chi connectivity index (χ1n) is 6.26. The van der Waals surface area contributed by atoms with Gasteiger partial charge in [-0.2, -0.15) is 0 Å². The first kappa shape index (κ1) is 13.4. The summed E-state index contributed by atoms with van der Waals surface area (Å²) in [7, 11) is 0. The molecule has 3 rings (SSSR count). The van der Waals surface area contributed by atoms with E-state index in [9.17, 15) is 4.79 Å². The van der Waals surface area contributed by atoms with Gasteiger partial charge in [-0.05, 0) is 46.7 Å². The summed E-state index contributed by atoms with van der Waals surface area (Å²) in [5, 5.41) is 0. The summed E-state index contributed by atoms with van der Waals surface area (Å²) >= 11 is 2.03. The molecule has 1 aromatic heterocycles. The number of nitrogens with one attached hydrogen (secondary N) is 1. The van der Waals surface area contributed by atoms with Crippen LogP contribution in [0.25, 0.3) is 11.4 Å². The Bertz CT molecular complexity index is 725. The Balaban J connectivity index is 2.13. The number of aromatic amines is 1. The second-order valence-corrected chi connectivity index (χ2v) is 5.92. The normalized spacial score (nSPS) is 13.0. The summed E-state index contributed by atoms with van der Waals surface area (Å²) in [5.41, 5.74) is 1.50. The van der Waals surface area contributed by atoms with Crippen LogP contribution >= 0.6 is 22.6 Å². The fourth-order valence-corrected chi connectivity index (χ4v) is 2.92. The number of rotatable bonds is 2. The number of H-pyrrole nitrogens is 1. The molecule has 1 aliphatic heterocycles. The minimum absolute atomic E-state index is 0.114. The summed E-state index contributed by atoms with van der Waals surface area (Å²) in [6, 6.07) is 5.52. The zero-order valence-corrected chi connectivity index (χ0v) is 13.2. The lowest BCUT2D eigenvalue weighted by molar-refractivity contribution is 0.174. The van der Waals surface area contributed by atoms with Crippen molar-refractivity contribution in [3.63, 3.8) is 0 Å². The van der Waals surface area contributed by atoms with Gasteiger partial charge >= 0.3 is 0 Å². The first-order valence-corrected chi connectivity index (χ1v) is 7.34. The Morgan fingerprint density at radius 3 is 2.80 bits per heavy atom. The molecule has 6 heteroatoms. The summed E-state index contributed by atoms with van der Waals surface area (Å²) < 4.78 is 11.3. The van der Waals surface area contributed by atoms with Crippen molar-refractivity contribution in [1.29, 1.82) is 0 Å². The van der Waals surface area contributed by atoms with E-state index in [1.54, 1.807) is 0 Å². The highest BCUT2D eigenvalue weighted by Crippen LogP contribution is 2.35. The van der Waals surface area contributed by atoms with Gasteiger partial charge in [0, 0.05) is 5.56 Å². The zero-order valence-electron chi connectivity index (χ0n) is 11.1. The fourth-order valence-electron chi connectivity index (χ4n) is 2.04. The topological polar surface area (TPSA) is 64.2 Å². The van der Waals surface area contributed by atoms with Gasteiger partial charge < -0.3 is 14.5 Å². The van der Waals surface area contributed by atoms with E-state index in [0.717, 1.165) is 11.3 Å². The maximum Gasteiger partial charge on any atom is 0.264 e. The van der Waals surface area contributed by atoms with Crippen LogP contribution in [0.15, 0.2) is 23.0 Å². The van der Waals surface area contributed by atoms with Gasteiger partial charge in [-0.15, -0.1) is 0 Å². The van der Waals surface area contributed by atoms with Gasteiger partial charge in [0.2, 0.25) is 6.79 Å². The minimum Gasteiger partial charge on any atom is -0.454 e. The average molecular weight is 384 g/mol. The molecule has 1 aliphatic rings. The second-order valence-electron chi connectivity index (χ2n) is 4.84. The molecular formula is C14H13IN2O3. The van der Waals surface area contributed by atoms with Crippen LogP contribution in [0.2, 0.25) is 0 Å². The van der Waals surface area contributed by atoms with E-state index >= 15 is 0 Å².